The minimum absolute atomic E-state index is 0.0485. The molecule has 7 heteroatoms. The minimum Gasteiger partial charge on any atom is -0.351 e. The lowest BCUT2D eigenvalue weighted by Crippen LogP contribution is -2.55. The molecule has 3 rings (SSSR count). The summed E-state index contributed by atoms with van der Waals surface area (Å²) < 4.78 is 0. The van der Waals surface area contributed by atoms with Crippen molar-refractivity contribution in [3.8, 4) is 0 Å². The Kier molecular flexibility index (Phi) is 8.45. The summed E-state index contributed by atoms with van der Waals surface area (Å²) in [5, 5.41) is 7.99. The number of nitrogens with one attached hydrogen (secondary N) is 2. The molecule has 0 spiro atoms. The third kappa shape index (κ3) is 6.44. The first kappa shape index (κ1) is 25.4. The quantitative estimate of drug-likeness (QED) is 0.522. The molecular weight excluding hydrogens is 428 g/mol. The fourth-order valence-corrected chi connectivity index (χ4v) is 4.25. The van der Waals surface area contributed by atoms with E-state index in [0.29, 0.717) is 32.5 Å². The molecule has 0 radical (unpaired) electrons. The van der Waals surface area contributed by atoms with Crippen molar-refractivity contribution >= 4 is 28.5 Å². The Hall–Kier alpha value is -3.19. The van der Waals surface area contributed by atoms with E-state index in [4.69, 9.17) is 5.73 Å². The number of rotatable bonds is 8. The summed E-state index contributed by atoms with van der Waals surface area (Å²) in [4.78, 5) is 40.8. The van der Waals surface area contributed by atoms with Crippen molar-refractivity contribution < 1.29 is 14.4 Å². The van der Waals surface area contributed by atoms with Crippen LogP contribution in [0, 0.1) is 5.41 Å². The Morgan fingerprint density at radius 1 is 1.12 bits per heavy atom. The lowest BCUT2D eigenvalue weighted by atomic mass is 9.94. The van der Waals surface area contributed by atoms with E-state index in [2.05, 4.69) is 10.6 Å². The zero-order valence-corrected chi connectivity index (χ0v) is 20.3. The smallest absolute Gasteiger partial charge is 0.243 e. The van der Waals surface area contributed by atoms with Crippen molar-refractivity contribution in [1.82, 2.24) is 15.5 Å². The van der Waals surface area contributed by atoms with Gasteiger partial charge in [0.15, 0.2) is 0 Å². The monoisotopic (exact) mass is 464 g/mol. The first-order chi connectivity index (χ1) is 16.2. The second kappa shape index (κ2) is 11.3. The Bertz CT molecular complexity index is 1060. The topological polar surface area (TPSA) is 105 Å². The molecule has 7 nitrogen and oxygen atoms in total. The molecule has 1 saturated heterocycles. The third-order valence-electron chi connectivity index (χ3n) is 6.04. The van der Waals surface area contributed by atoms with Gasteiger partial charge in [0.2, 0.25) is 17.7 Å². The lowest BCUT2D eigenvalue weighted by Gasteiger charge is -2.31. The molecule has 182 valence electrons. The molecule has 3 amide bonds. The summed E-state index contributed by atoms with van der Waals surface area (Å²) in [5.41, 5.74) is 5.85. The number of amides is 3. The van der Waals surface area contributed by atoms with Crippen molar-refractivity contribution in [3.05, 3.63) is 60.2 Å². The van der Waals surface area contributed by atoms with Gasteiger partial charge < -0.3 is 21.3 Å². The summed E-state index contributed by atoms with van der Waals surface area (Å²) in [7, 11) is 0. The normalized spacial score (nSPS) is 17.2. The van der Waals surface area contributed by atoms with Gasteiger partial charge in [0.05, 0.1) is 0 Å². The molecule has 4 N–H and O–H groups in total. The summed E-state index contributed by atoms with van der Waals surface area (Å²) >= 11 is 0. The number of likely N-dealkylation sites (tertiary alicyclic amines) is 1. The number of carbonyl (C=O) groups excluding carboxylic acids is 3. The Morgan fingerprint density at radius 2 is 1.85 bits per heavy atom. The number of carbonyl (C=O) groups is 3. The van der Waals surface area contributed by atoms with Crippen LogP contribution in [0.3, 0.4) is 0 Å². The van der Waals surface area contributed by atoms with Crippen LogP contribution in [0.1, 0.15) is 39.2 Å². The first-order valence-corrected chi connectivity index (χ1v) is 11.9. The fraction of sp³-hybridized carbons (Fsp3) is 0.444. The molecule has 0 bridgehead atoms. The van der Waals surface area contributed by atoms with E-state index in [0.717, 1.165) is 22.8 Å². The Morgan fingerprint density at radius 3 is 2.56 bits per heavy atom. The highest BCUT2D eigenvalue weighted by Gasteiger charge is 2.39. The number of nitrogens with two attached hydrogens (primary N) is 1. The van der Waals surface area contributed by atoms with Gasteiger partial charge in [-0.2, -0.15) is 0 Å². The Labute approximate surface area is 201 Å². The predicted octanol–water partition coefficient (Wildman–Crippen LogP) is 2.54. The highest BCUT2D eigenvalue weighted by molar-refractivity contribution is 5.93. The van der Waals surface area contributed by atoms with Gasteiger partial charge in [-0.05, 0) is 29.2 Å². The zero-order chi connectivity index (χ0) is 24.7. The molecule has 1 aliphatic heterocycles. The van der Waals surface area contributed by atoms with Crippen molar-refractivity contribution in [1.29, 1.82) is 0 Å². The summed E-state index contributed by atoms with van der Waals surface area (Å²) in [6, 6.07) is 12.8. The van der Waals surface area contributed by atoms with Crippen LogP contribution in [0.4, 0.5) is 0 Å². The maximum Gasteiger partial charge on any atom is 0.243 e. The molecule has 2 atom stereocenters. The van der Waals surface area contributed by atoms with Crippen LogP contribution in [0.25, 0.3) is 10.8 Å². The van der Waals surface area contributed by atoms with Crippen molar-refractivity contribution in [2.45, 2.75) is 52.1 Å². The van der Waals surface area contributed by atoms with Crippen molar-refractivity contribution in [3.63, 3.8) is 0 Å². The molecule has 2 aromatic carbocycles. The predicted molar refractivity (Wildman–Crippen MR) is 135 cm³/mol. The van der Waals surface area contributed by atoms with Crippen LogP contribution in [-0.2, 0) is 20.8 Å². The molecule has 1 aliphatic rings. The zero-order valence-electron chi connectivity index (χ0n) is 20.3. The second-order valence-corrected chi connectivity index (χ2v) is 9.81. The standard InChI is InChI=1S/C27H36N4O3/c1-27(2,3)26(34)31-16-8-11-23(31)25(33)30-22(24(32)29-15-7-6-14-28)18-19-12-13-20-9-4-5-10-21(20)17-19/h4-7,9-10,12-13,17,22-23H,8,11,14-16,18,28H2,1-3H3,(H,29,32)(H,30,33)/b7-6-/t22-,23?/m1/s1. The summed E-state index contributed by atoms with van der Waals surface area (Å²) in [6.07, 6.45) is 5.27. The van der Waals surface area contributed by atoms with Crippen LogP contribution in [-0.4, -0.2) is 54.3 Å². The minimum atomic E-state index is -0.757. The fourth-order valence-electron chi connectivity index (χ4n) is 4.25. The second-order valence-electron chi connectivity index (χ2n) is 9.81. The van der Waals surface area contributed by atoms with E-state index in [-0.39, 0.29) is 17.7 Å². The van der Waals surface area contributed by atoms with Gasteiger partial charge in [0.25, 0.3) is 0 Å². The van der Waals surface area contributed by atoms with Crippen LogP contribution in [0.5, 0.6) is 0 Å². The molecule has 1 unspecified atom stereocenters. The molecule has 2 aromatic rings. The van der Waals surface area contributed by atoms with E-state index in [9.17, 15) is 14.4 Å². The van der Waals surface area contributed by atoms with Gasteiger partial charge in [-0.15, -0.1) is 0 Å². The van der Waals surface area contributed by atoms with Crippen molar-refractivity contribution in [2.75, 3.05) is 19.6 Å². The number of hydrogen-bond donors (Lipinski definition) is 3. The molecule has 34 heavy (non-hydrogen) atoms. The first-order valence-electron chi connectivity index (χ1n) is 11.9. The van der Waals surface area contributed by atoms with Gasteiger partial charge in [-0.3, -0.25) is 14.4 Å². The molecule has 0 saturated carbocycles. The number of benzene rings is 2. The number of hydrogen-bond acceptors (Lipinski definition) is 4. The maximum atomic E-state index is 13.3. The average molecular weight is 465 g/mol. The van der Waals surface area contributed by atoms with E-state index in [1.54, 1.807) is 17.1 Å². The van der Waals surface area contributed by atoms with E-state index in [1.165, 1.54) is 0 Å². The summed E-state index contributed by atoms with van der Waals surface area (Å²) in [5.74, 6) is -0.601. The molecule has 1 fully saturated rings. The highest BCUT2D eigenvalue weighted by atomic mass is 16.2. The van der Waals surface area contributed by atoms with E-state index in [1.807, 2.05) is 63.2 Å². The third-order valence-corrected chi connectivity index (χ3v) is 6.04. The summed E-state index contributed by atoms with van der Waals surface area (Å²) in [6.45, 7) is 6.85. The molecular formula is C27H36N4O3. The van der Waals surface area contributed by atoms with Crippen LogP contribution >= 0.6 is 0 Å². The molecule has 1 heterocycles. The SMILES string of the molecule is CC(C)(C)C(=O)N1CCCC1C(=O)N[C@H](Cc1ccc2ccccc2c1)C(=O)NC/C=C\CN. The number of fused-ring (bicyclic) bond motifs is 1. The molecule has 0 aromatic heterocycles. The number of nitrogens with zero attached hydrogens (tertiary/aromatic N) is 1. The Balaban J connectivity index is 1.78. The maximum absolute atomic E-state index is 13.3. The van der Waals surface area contributed by atoms with E-state index < -0.39 is 17.5 Å². The van der Waals surface area contributed by atoms with Gasteiger partial charge in [0, 0.05) is 31.5 Å². The van der Waals surface area contributed by atoms with E-state index >= 15 is 0 Å². The van der Waals surface area contributed by atoms with Crippen LogP contribution in [0.2, 0.25) is 0 Å². The van der Waals surface area contributed by atoms with Gasteiger partial charge in [-0.1, -0.05) is 75.4 Å². The van der Waals surface area contributed by atoms with Gasteiger partial charge >= 0.3 is 0 Å². The molecule has 0 aliphatic carbocycles. The highest BCUT2D eigenvalue weighted by Crippen LogP contribution is 2.26. The van der Waals surface area contributed by atoms with Gasteiger partial charge in [-0.25, -0.2) is 0 Å². The lowest BCUT2D eigenvalue weighted by molar-refractivity contribution is -0.145. The largest absolute Gasteiger partial charge is 0.351 e. The van der Waals surface area contributed by atoms with Crippen LogP contribution < -0.4 is 16.4 Å². The van der Waals surface area contributed by atoms with Crippen molar-refractivity contribution in [2.24, 2.45) is 11.1 Å². The van der Waals surface area contributed by atoms with Crippen LogP contribution in [0.15, 0.2) is 54.6 Å². The van der Waals surface area contributed by atoms with Gasteiger partial charge in [0.1, 0.15) is 12.1 Å². The average Bonchev–Trinajstić information content (AvgIpc) is 3.30.